The molecule has 1 aromatic carbocycles. The summed E-state index contributed by atoms with van der Waals surface area (Å²) in [6.07, 6.45) is 9.36. The van der Waals surface area contributed by atoms with Crippen LogP contribution in [0, 0.1) is 5.82 Å². The monoisotopic (exact) mass is 351 g/mol. The standard InChI is InChI=1S/C20H30FNO3/c1-3-4-5-6-7-8-9-12-15-25-20(24)16(2)22-19(23)17-13-10-11-14-18(17)21/h10-11,13-14,16H,3-9,12,15H2,1-2H3,(H,22,23). The summed E-state index contributed by atoms with van der Waals surface area (Å²) in [4.78, 5) is 23.8. The molecule has 1 N–H and O–H groups in total. The van der Waals surface area contributed by atoms with Gasteiger partial charge in [-0.05, 0) is 25.5 Å². The number of carbonyl (C=O) groups excluding carboxylic acids is 2. The van der Waals surface area contributed by atoms with Gasteiger partial charge in [-0.3, -0.25) is 4.79 Å². The second kappa shape index (κ2) is 12.5. The van der Waals surface area contributed by atoms with Crippen molar-refractivity contribution >= 4 is 11.9 Å². The molecule has 1 atom stereocenters. The Balaban J connectivity index is 2.16. The third kappa shape index (κ3) is 8.66. The van der Waals surface area contributed by atoms with Gasteiger partial charge in [0.15, 0.2) is 0 Å². The molecular formula is C20H30FNO3. The van der Waals surface area contributed by atoms with Crippen LogP contribution in [-0.4, -0.2) is 24.5 Å². The maximum atomic E-state index is 13.5. The topological polar surface area (TPSA) is 55.4 Å². The van der Waals surface area contributed by atoms with Crippen LogP contribution in [0.1, 0.15) is 75.6 Å². The number of halogens is 1. The predicted octanol–water partition coefficient (Wildman–Crippen LogP) is 4.63. The quantitative estimate of drug-likeness (QED) is 0.441. The molecule has 1 amide bonds. The third-order valence-electron chi connectivity index (χ3n) is 4.06. The van der Waals surface area contributed by atoms with E-state index in [0.29, 0.717) is 6.61 Å². The molecule has 1 rings (SSSR count). The first kappa shape index (κ1) is 21.1. The number of esters is 1. The number of amides is 1. The van der Waals surface area contributed by atoms with E-state index in [4.69, 9.17) is 4.74 Å². The molecule has 5 heteroatoms. The fraction of sp³-hybridized carbons (Fsp3) is 0.600. The second-order valence-electron chi connectivity index (χ2n) is 6.32. The smallest absolute Gasteiger partial charge is 0.328 e. The van der Waals surface area contributed by atoms with Crippen molar-refractivity contribution in [2.24, 2.45) is 0 Å². The lowest BCUT2D eigenvalue weighted by atomic mass is 10.1. The van der Waals surface area contributed by atoms with Crippen molar-refractivity contribution in [3.63, 3.8) is 0 Å². The van der Waals surface area contributed by atoms with E-state index in [1.807, 2.05) is 0 Å². The highest BCUT2D eigenvalue weighted by Crippen LogP contribution is 2.09. The molecule has 4 nitrogen and oxygen atoms in total. The summed E-state index contributed by atoms with van der Waals surface area (Å²) >= 11 is 0. The zero-order chi connectivity index (χ0) is 18.5. The number of unbranched alkanes of at least 4 members (excludes halogenated alkanes) is 7. The van der Waals surface area contributed by atoms with E-state index in [9.17, 15) is 14.0 Å². The molecule has 0 aliphatic rings. The Morgan fingerprint density at radius 1 is 1.04 bits per heavy atom. The summed E-state index contributed by atoms with van der Waals surface area (Å²) in [7, 11) is 0. The van der Waals surface area contributed by atoms with Crippen molar-refractivity contribution in [3.05, 3.63) is 35.6 Å². The highest BCUT2D eigenvalue weighted by Gasteiger charge is 2.19. The number of hydrogen-bond donors (Lipinski definition) is 1. The minimum atomic E-state index is -0.804. The molecule has 0 radical (unpaired) electrons. The highest BCUT2D eigenvalue weighted by molar-refractivity contribution is 5.96. The summed E-state index contributed by atoms with van der Waals surface area (Å²) in [6, 6.07) is 4.86. The van der Waals surface area contributed by atoms with Gasteiger partial charge in [-0.25, -0.2) is 9.18 Å². The minimum absolute atomic E-state index is 0.0785. The maximum absolute atomic E-state index is 13.5. The molecular weight excluding hydrogens is 321 g/mol. The average molecular weight is 351 g/mol. The second-order valence-corrected chi connectivity index (χ2v) is 6.32. The van der Waals surface area contributed by atoms with Crippen molar-refractivity contribution in [2.45, 2.75) is 71.3 Å². The number of rotatable bonds is 12. The molecule has 25 heavy (non-hydrogen) atoms. The van der Waals surface area contributed by atoms with Gasteiger partial charge < -0.3 is 10.1 Å². The van der Waals surface area contributed by atoms with Gasteiger partial charge in [0.25, 0.3) is 5.91 Å². The van der Waals surface area contributed by atoms with Crippen molar-refractivity contribution < 1.29 is 18.7 Å². The van der Waals surface area contributed by atoms with Gasteiger partial charge in [-0.2, -0.15) is 0 Å². The summed E-state index contributed by atoms with van der Waals surface area (Å²) < 4.78 is 18.7. The van der Waals surface area contributed by atoms with Crippen molar-refractivity contribution in [2.75, 3.05) is 6.61 Å². The van der Waals surface area contributed by atoms with Crippen LogP contribution < -0.4 is 5.32 Å². The Morgan fingerprint density at radius 3 is 2.28 bits per heavy atom. The van der Waals surface area contributed by atoms with Crippen LogP contribution in [0.2, 0.25) is 0 Å². The molecule has 0 bridgehead atoms. The van der Waals surface area contributed by atoms with Gasteiger partial charge in [-0.15, -0.1) is 0 Å². The minimum Gasteiger partial charge on any atom is -0.464 e. The number of ether oxygens (including phenoxy) is 1. The summed E-state index contributed by atoms with van der Waals surface area (Å²) in [5.41, 5.74) is -0.0785. The number of hydrogen-bond acceptors (Lipinski definition) is 3. The van der Waals surface area contributed by atoms with Gasteiger partial charge in [0.1, 0.15) is 11.9 Å². The van der Waals surface area contributed by atoms with Crippen LogP contribution in [0.4, 0.5) is 4.39 Å². The van der Waals surface area contributed by atoms with E-state index in [1.165, 1.54) is 57.2 Å². The molecule has 0 fully saturated rings. The lowest BCUT2D eigenvalue weighted by Crippen LogP contribution is -2.40. The molecule has 0 spiro atoms. The fourth-order valence-electron chi connectivity index (χ4n) is 2.51. The number of nitrogens with one attached hydrogen (secondary N) is 1. The zero-order valence-electron chi connectivity index (χ0n) is 15.4. The van der Waals surface area contributed by atoms with E-state index >= 15 is 0 Å². The normalized spacial score (nSPS) is 11.8. The highest BCUT2D eigenvalue weighted by atomic mass is 19.1. The van der Waals surface area contributed by atoms with E-state index < -0.39 is 23.7 Å². The lowest BCUT2D eigenvalue weighted by Gasteiger charge is -2.13. The summed E-state index contributed by atoms with van der Waals surface area (Å²) in [5.74, 6) is -1.72. The van der Waals surface area contributed by atoms with Gasteiger partial charge in [0, 0.05) is 0 Å². The number of benzene rings is 1. The molecule has 0 saturated carbocycles. The van der Waals surface area contributed by atoms with Crippen LogP contribution in [0.25, 0.3) is 0 Å². The largest absolute Gasteiger partial charge is 0.464 e. The van der Waals surface area contributed by atoms with E-state index in [0.717, 1.165) is 19.3 Å². The first-order chi connectivity index (χ1) is 12.1. The van der Waals surface area contributed by atoms with Crippen LogP contribution in [0.3, 0.4) is 0 Å². The van der Waals surface area contributed by atoms with Crippen LogP contribution in [0.5, 0.6) is 0 Å². The average Bonchev–Trinajstić information content (AvgIpc) is 2.60. The molecule has 1 aromatic rings. The summed E-state index contributed by atoms with van der Waals surface area (Å²) in [5, 5.41) is 2.46. The SMILES string of the molecule is CCCCCCCCCCOC(=O)C(C)NC(=O)c1ccccc1F. The lowest BCUT2D eigenvalue weighted by molar-refractivity contribution is -0.145. The predicted molar refractivity (Wildman–Crippen MR) is 96.9 cm³/mol. The third-order valence-corrected chi connectivity index (χ3v) is 4.06. The maximum Gasteiger partial charge on any atom is 0.328 e. The molecule has 0 heterocycles. The van der Waals surface area contributed by atoms with Gasteiger partial charge in [-0.1, -0.05) is 64.0 Å². The molecule has 0 aliphatic carbocycles. The number of carbonyl (C=O) groups is 2. The van der Waals surface area contributed by atoms with Crippen LogP contribution in [0.15, 0.2) is 24.3 Å². The molecule has 0 aliphatic heterocycles. The van der Waals surface area contributed by atoms with E-state index in [1.54, 1.807) is 6.07 Å². The van der Waals surface area contributed by atoms with Crippen molar-refractivity contribution in [3.8, 4) is 0 Å². The van der Waals surface area contributed by atoms with E-state index in [-0.39, 0.29) is 5.56 Å². The Hall–Kier alpha value is -1.91. The van der Waals surface area contributed by atoms with Crippen LogP contribution >= 0.6 is 0 Å². The molecule has 0 aromatic heterocycles. The Bertz CT molecular complexity index is 533. The Morgan fingerprint density at radius 2 is 1.64 bits per heavy atom. The first-order valence-electron chi connectivity index (χ1n) is 9.28. The van der Waals surface area contributed by atoms with E-state index in [2.05, 4.69) is 12.2 Å². The van der Waals surface area contributed by atoms with Crippen molar-refractivity contribution in [1.29, 1.82) is 0 Å². The molecule has 1 unspecified atom stereocenters. The zero-order valence-corrected chi connectivity index (χ0v) is 15.4. The fourth-order valence-corrected chi connectivity index (χ4v) is 2.51. The first-order valence-corrected chi connectivity index (χ1v) is 9.28. The Kier molecular flexibility index (Phi) is 10.5. The molecule has 140 valence electrons. The molecule has 0 saturated heterocycles. The van der Waals surface area contributed by atoms with Gasteiger partial charge >= 0.3 is 5.97 Å². The van der Waals surface area contributed by atoms with Crippen molar-refractivity contribution in [1.82, 2.24) is 5.32 Å². The Labute approximate surface area is 150 Å². The van der Waals surface area contributed by atoms with Gasteiger partial charge in [0.2, 0.25) is 0 Å². The summed E-state index contributed by atoms with van der Waals surface area (Å²) in [6.45, 7) is 4.09. The van der Waals surface area contributed by atoms with Crippen LogP contribution in [-0.2, 0) is 9.53 Å². The van der Waals surface area contributed by atoms with Gasteiger partial charge in [0.05, 0.1) is 12.2 Å².